The molecule has 5 rings (SSSR count). The molecule has 1 amide bonds. The van der Waals surface area contributed by atoms with Crippen LogP contribution in [-0.2, 0) is 16.0 Å². The van der Waals surface area contributed by atoms with E-state index >= 15 is 0 Å². The minimum Gasteiger partial charge on any atom is -0.392 e. The molecule has 3 aliphatic rings. The van der Waals surface area contributed by atoms with Gasteiger partial charge in [0.05, 0.1) is 25.0 Å². The van der Waals surface area contributed by atoms with Crippen molar-refractivity contribution in [2.24, 2.45) is 23.2 Å². The molecule has 2 fully saturated rings. The lowest BCUT2D eigenvalue weighted by atomic mass is 9.53. The highest BCUT2D eigenvalue weighted by Crippen LogP contribution is 2.57. The third-order valence-electron chi connectivity index (χ3n) is 8.04. The zero-order chi connectivity index (χ0) is 21.8. The molecular weight excluding hydrogens is 428 g/mol. The summed E-state index contributed by atoms with van der Waals surface area (Å²) in [5, 5.41) is 17.0. The highest BCUT2D eigenvalue weighted by molar-refractivity contribution is 7.15. The van der Waals surface area contributed by atoms with Gasteiger partial charge in [0.2, 0.25) is 5.91 Å². The number of thiazole rings is 1. The molecule has 0 radical (unpaired) electrons. The largest absolute Gasteiger partial charge is 0.392 e. The van der Waals surface area contributed by atoms with E-state index in [1.54, 1.807) is 11.3 Å². The summed E-state index contributed by atoms with van der Waals surface area (Å²) >= 11 is 3.53. The number of nitrogens with zero attached hydrogens (tertiary/aromatic N) is 2. The zero-order valence-corrected chi connectivity index (χ0v) is 20.2. The van der Waals surface area contributed by atoms with Crippen LogP contribution in [0.25, 0.3) is 10.6 Å². The number of carbonyl (C=O) groups is 1. The number of amides is 1. The van der Waals surface area contributed by atoms with Crippen molar-refractivity contribution in [1.82, 2.24) is 9.88 Å². The van der Waals surface area contributed by atoms with Crippen molar-refractivity contribution in [1.29, 1.82) is 0 Å². The van der Waals surface area contributed by atoms with Gasteiger partial charge in [-0.1, -0.05) is 20.8 Å². The van der Waals surface area contributed by atoms with Crippen LogP contribution in [0.5, 0.6) is 0 Å². The second kappa shape index (κ2) is 8.25. The first kappa shape index (κ1) is 21.6. The molecule has 6 atom stereocenters. The van der Waals surface area contributed by atoms with E-state index in [0.29, 0.717) is 26.3 Å². The van der Waals surface area contributed by atoms with E-state index in [9.17, 15) is 9.90 Å². The number of aliphatic hydroxyl groups excluding tert-OH is 1. The van der Waals surface area contributed by atoms with Crippen LogP contribution in [-0.4, -0.2) is 53.3 Å². The predicted molar refractivity (Wildman–Crippen MR) is 124 cm³/mol. The van der Waals surface area contributed by atoms with E-state index in [1.807, 2.05) is 23.2 Å². The second-order valence-corrected chi connectivity index (χ2v) is 11.8. The van der Waals surface area contributed by atoms with Crippen molar-refractivity contribution in [3.63, 3.8) is 0 Å². The lowest BCUT2D eigenvalue weighted by Gasteiger charge is -2.53. The van der Waals surface area contributed by atoms with E-state index in [4.69, 9.17) is 9.72 Å². The molecule has 2 aliphatic carbocycles. The fourth-order valence-corrected chi connectivity index (χ4v) is 8.39. The fourth-order valence-electron chi connectivity index (χ4n) is 6.31. The van der Waals surface area contributed by atoms with Crippen LogP contribution < -0.4 is 0 Å². The highest BCUT2D eigenvalue weighted by atomic mass is 32.1. The monoisotopic (exact) mass is 460 g/mol. The van der Waals surface area contributed by atoms with Crippen molar-refractivity contribution in [2.45, 2.75) is 52.1 Å². The van der Waals surface area contributed by atoms with Crippen LogP contribution in [0, 0.1) is 23.2 Å². The molecule has 0 unspecified atom stereocenters. The molecule has 1 saturated carbocycles. The summed E-state index contributed by atoms with van der Waals surface area (Å²) in [4.78, 5) is 21.5. The summed E-state index contributed by atoms with van der Waals surface area (Å²) in [5.41, 5.74) is 2.43. The maximum atomic E-state index is 13.1. The van der Waals surface area contributed by atoms with E-state index in [2.05, 4.69) is 30.7 Å². The molecule has 7 heteroatoms. The van der Waals surface area contributed by atoms with Crippen molar-refractivity contribution < 1.29 is 14.6 Å². The van der Waals surface area contributed by atoms with Crippen LogP contribution in [0.4, 0.5) is 0 Å². The minimum absolute atomic E-state index is 0.00685. The summed E-state index contributed by atoms with van der Waals surface area (Å²) in [6.07, 6.45) is 2.46. The second-order valence-electron chi connectivity index (χ2n) is 9.90. The summed E-state index contributed by atoms with van der Waals surface area (Å²) < 4.78 is 5.41. The molecule has 1 aliphatic heterocycles. The van der Waals surface area contributed by atoms with Gasteiger partial charge in [0, 0.05) is 40.7 Å². The molecule has 168 valence electrons. The van der Waals surface area contributed by atoms with Gasteiger partial charge in [0.1, 0.15) is 5.01 Å². The summed E-state index contributed by atoms with van der Waals surface area (Å²) in [7, 11) is 0. The molecule has 1 N–H and O–H groups in total. The predicted octanol–water partition coefficient (Wildman–Crippen LogP) is 4.42. The Hall–Kier alpha value is -1.28. The first-order valence-electron chi connectivity index (χ1n) is 11.5. The van der Waals surface area contributed by atoms with Crippen LogP contribution in [0.2, 0.25) is 0 Å². The Balaban J connectivity index is 1.40. The third-order valence-corrected chi connectivity index (χ3v) is 9.85. The Morgan fingerprint density at radius 2 is 2.16 bits per heavy atom. The van der Waals surface area contributed by atoms with Crippen LogP contribution in [0.3, 0.4) is 0 Å². The molecule has 2 aromatic heterocycles. The zero-order valence-electron chi connectivity index (χ0n) is 18.5. The van der Waals surface area contributed by atoms with E-state index < -0.39 is 6.10 Å². The smallest absolute Gasteiger partial charge is 0.225 e. The number of fused-ring (bicyclic) bond motifs is 2. The lowest BCUT2D eigenvalue weighted by Crippen LogP contribution is -2.54. The number of hydrogen-bond donors (Lipinski definition) is 1. The Bertz CT molecular complexity index is 937. The van der Waals surface area contributed by atoms with Gasteiger partial charge in [-0.25, -0.2) is 4.98 Å². The first-order valence-corrected chi connectivity index (χ1v) is 13.2. The SMILES string of the molecule is C[C@H](C(=O)N1CCOCC1)[C@@H]1CC[C@]2(C)Cc3sc(-c4ccsc4)nc3[C@H](C)[C@@H]2[C@H]1O. The van der Waals surface area contributed by atoms with Crippen molar-refractivity contribution in [3.05, 3.63) is 27.4 Å². The van der Waals surface area contributed by atoms with Gasteiger partial charge >= 0.3 is 0 Å². The van der Waals surface area contributed by atoms with Gasteiger partial charge in [0.15, 0.2) is 0 Å². The standard InChI is InChI=1S/C24H32N2O3S2/c1-14(23(28)26-7-9-29-10-8-26)17-4-6-24(3)12-18-20(15(2)19(24)21(17)27)25-22(31-18)16-5-11-30-13-16/h5,11,13-15,17,19,21,27H,4,6-10,12H2,1-3H3/t14-,15+,17-,19+,21-,24+/m0/s1. The Kier molecular flexibility index (Phi) is 5.74. The number of rotatable bonds is 3. The highest BCUT2D eigenvalue weighted by Gasteiger charge is 2.54. The number of thiophene rings is 1. The number of aromatic nitrogens is 1. The van der Waals surface area contributed by atoms with Crippen LogP contribution in [0.1, 0.15) is 50.1 Å². The number of morpholine rings is 1. The van der Waals surface area contributed by atoms with Gasteiger partial charge in [-0.05, 0) is 48.0 Å². The molecule has 2 aromatic rings. The van der Waals surface area contributed by atoms with Gasteiger partial charge in [-0.15, -0.1) is 11.3 Å². The summed E-state index contributed by atoms with van der Waals surface area (Å²) in [5.74, 6) is 0.348. The Morgan fingerprint density at radius 3 is 2.87 bits per heavy atom. The molecule has 1 saturated heterocycles. The van der Waals surface area contributed by atoms with Gasteiger partial charge in [-0.2, -0.15) is 11.3 Å². The Morgan fingerprint density at radius 1 is 1.39 bits per heavy atom. The van der Waals surface area contributed by atoms with Crippen molar-refractivity contribution in [2.75, 3.05) is 26.3 Å². The summed E-state index contributed by atoms with van der Waals surface area (Å²) in [6.45, 7) is 9.15. The van der Waals surface area contributed by atoms with Gasteiger partial charge in [-0.3, -0.25) is 4.79 Å². The molecular formula is C24H32N2O3S2. The quantitative estimate of drug-likeness (QED) is 0.737. The van der Waals surface area contributed by atoms with E-state index in [-0.39, 0.29) is 35.0 Å². The van der Waals surface area contributed by atoms with Crippen molar-refractivity contribution in [3.8, 4) is 10.6 Å². The average Bonchev–Trinajstić information content (AvgIpc) is 3.43. The average molecular weight is 461 g/mol. The molecule has 3 heterocycles. The summed E-state index contributed by atoms with van der Waals surface area (Å²) in [6, 6.07) is 2.14. The Labute approximate surface area is 192 Å². The molecule has 31 heavy (non-hydrogen) atoms. The van der Waals surface area contributed by atoms with E-state index in [1.165, 1.54) is 16.1 Å². The molecule has 0 spiro atoms. The fraction of sp³-hybridized carbons (Fsp3) is 0.667. The maximum absolute atomic E-state index is 13.1. The third kappa shape index (κ3) is 3.67. The number of aliphatic hydroxyl groups is 1. The van der Waals surface area contributed by atoms with Gasteiger partial charge < -0.3 is 14.7 Å². The van der Waals surface area contributed by atoms with Crippen LogP contribution in [0.15, 0.2) is 16.8 Å². The molecule has 5 nitrogen and oxygen atoms in total. The van der Waals surface area contributed by atoms with Crippen molar-refractivity contribution >= 4 is 28.6 Å². The number of hydrogen-bond acceptors (Lipinski definition) is 6. The minimum atomic E-state index is -0.479. The number of carbonyl (C=O) groups excluding carboxylic acids is 1. The normalized spacial score (nSPS) is 34.1. The first-order chi connectivity index (χ1) is 14.9. The molecule has 0 aromatic carbocycles. The van der Waals surface area contributed by atoms with E-state index in [0.717, 1.165) is 24.3 Å². The number of ether oxygens (including phenoxy) is 1. The van der Waals surface area contributed by atoms with Gasteiger partial charge in [0.25, 0.3) is 0 Å². The topological polar surface area (TPSA) is 62.7 Å². The molecule has 0 bridgehead atoms. The lowest BCUT2D eigenvalue weighted by molar-refractivity contribution is -0.148. The maximum Gasteiger partial charge on any atom is 0.225 e. The van der Waals surface area contributed by atoms with Crippen LogP contribution >= 0.6 is 22.7 Å².